The number of anilines is 1. The molecular formula is C19H19N3O. The maximum atomic E-state index is 12.1. The molecule has 0 saturated carbocycles. The minimum atomic E-state index is 0.0328. The Hall–Kier alpha value is -2.75. The van der Waals surface area contributed by atoms with Gasteiger partial charge in [0.25, 0.3) is 5.91 Å². The summed E-state index contributed by atoms with van der Waals surface area (Å²) < 4.78 is 0. The van der Waals surface area contributed by atoms with Gasteiger partial charge in [0.15, 0.2) is 0 Å². The molecule has 3 rings (SSSR count). The lowest BCUT2D eigenvalue weighted by atomic mass is 10.1. The highest BCUT2D eigenvalue weighted by atomic mass is 16.2. The van der Waals surface area contributed by atoms with Gasteiger partial charge in [-0.1, -0.05) is 38.1 Å². The summed E-state index contributed by atoms with van der Waals surface area (Å²) in [6.45, 7) is 4.11. The molecule has 0 bridgehead atoms. The van der Waals surface area contributed by atoms with Gasteiger partial charge in [0.1, 0.15) is 0 Å². The number of rotatable bonds is 4. The number of carbonyl (C=O) groups is 1. The fourth-order valence-corrected chi connectivity index (χ4v) is 2.35. The largest absolute Gasteiger partial charge is 0.272 e. The van der Waals surface area contributed by atoms with Crippen LogP contribution in [0.15, 0.2) is 53.8 Å². The molecule has 4 heteroatoms. The molecule has 1 aromatic carbocycles. The molecule has 0 saturated heterocycles. The molecule has 0 N–H and O–H groups in total. The van der Waals surface area contributed by atoms with Crippen LogP contribution in [0.5, 0.6) is 0 Å². The zero-order chi connectivity index (χ0) is 16.2. The molecule has 0 unspecified atom stereocenters. The molecule has 1 aliphatic rings. The Morgan fingerprint density at radius 3 is 2.48 bits per heavy atom. The minimum Gasteiger partial charge on any atom is -0.272 e. The molecule has 2 aromatic rings. The molecule has 0 fully saturated rings. The van der Waals surface area contributed by atoms with Crippen LogP contribution in [0.4, 0.5) is 5.69 Å². The van der Waals surface area contributed by atoms with Gasteiger partial charge >= 0.3 is 0 Å². The molecule has 4 nitrogen and oxygen atoms in total. The second kappa shape index (κ2) is 6.57. The predicted octanol–water partition coefficient (Wildman–Crippen LogP) is 4.00. The highest BCUT2D eigenvalue weighted by Crippen LogP contribution is 2.23. The van der Waals surface area contributed by atoms with Crippen LogP contribution < -0.4 is 5.01 Å². The highest BCUT2D eigenvalue weighted by Gasteiger charge is 2.26. The van der Waals surface area contributed by atoms with Crippen LogP contribution in [-0.2, 0) is 4.79 Å². The number of hydrazone groups is 1. The summed E-state index contributed by atoms with van der Waals surface area (Å²) in [5.74, 6) is 0.329. The highest BCUT2D eigenvalue weighted by molar-refractivity contribution is 6.13. The van der Waals surface area contributed by atoms with E-state index in [1.54, 1.807) is 6.20 Å². The van der Waals surface area contributed by atoms with E-state index in [0.717, 1.165) is 22.7 Å². The maximum absolute atomic E-state index is 12.1. The molecule has 2 heterocycles. The van der Waals surface area contributed by atoms with E-state index in [4.69, 9.17) is 0 Å². The normalized spacial score (nSPS) is 14.8. The number of hydrogen-bond donors (Lipinski definition) is 0. The van der Waals surface area contributed by atoms with Gasteiger partial charge in [-0.25, -0.2) is 5.01 Å². The summed E-state index contributed by atoms with van der Waals surface area (Å²) in [7, 11) is 0. The van der Waals surface area contributed by atoms with Crippen LogP contribution in [0.2, 0.25) is 0 Å². The Bertz CT molecular complexity index is 746. The number of aromatic nitrogens is 1. The SMILES string of the molecule is CC(C)C1=NN(c2ccc(/C=C/c3ccccn3)cc2)C(=O)C1. The van der Waals surface area contributed by atoms with Crippen molar-refractivity contribution in [3.8, 4) is 0 Å². The Balaban J connectivity index is 1.75. The summed E-state index contributed by atoms with van der Waals surface area (Å²) in [5.41, 5.74) is 3.71. The van der Waals surface area contributed by atoms with Gasteiger partial charge in [0.05, 0.1) is 23.5 Å². The first-order valence-electron chi connectivity index (χ1n) is 7.73. The Kier molecular flexibility index (Phi) is 4.33. The predicted molar refractivity (Wildman–Crippen MR) is 94.0 cm³/mol. The fraction of sp³-hybridized carbons (Fsp3) is 0.211. The summed E-state index contributed by atoms with van der Waals surface area (Å²) in [6, 6.07) is 13.6. The van der Waals surface area contributed by atoms with Crippen molar-refractivity contribution in [2.75, 3.05) is 5.01 Å². The lowest BCUT2D eigenvalue weighted by Crippen LogP contribution is -2.19. The topological polar surface area (TPSA) is 45.6 Å². The number of hydrogen-bond acceptors (Lipinski definition) is 3. The molecular weight excluding hydrogens is 286 g/mol. The average Bonchev–Trinajstić information content (AvgIpc) is 2.97. The van der Waals surface area contributed by atoms with Crippen molar-refractivity contribution in [3.63, 3.8) is 0 Å². The minimum absolute atomic E-state index is 0.0328. The third kappa shape index (κ3) is 3.54. The molecule has 1 aromatic heterocycles. The molecule has 1 amide bonds. The van der Waals surface area contributed by atoms with Crippen LogP contribution in [0.3, 0.4) is 0 Å². The van der Waals surface area contributed by atoms with Crippen molar-refractivity contribution in [1.82, 2.24) is 4.98 Å². The van der Waals surface area contributed by atoms with Gasteiger partial charge in [-0.15, -0.1) is 0 Å². The van der Waals surface area contributed by atoms with Crippen molar-refractivity contribution < 1.29 is 4.79 Å². The summed E-state index contributed by atoms with van der Waals surface area (Å²) in [6.07, 6.45) is 6.15. The zero-order valence-corrected chi connectivity index (χ0v) is 13.3. The number of nitrogens with zero attached hydrogens (tertiary/aromatic N) is 3. The molecule has 1 aliphatic heterocycles. The van der Waals surface area contributed by atoms with Crippen molar-refractivity contribution in [2.45, 2.75) is 20.3 Å². The number of pyridine rings is 1. The molecule has 0 spiro atoms. The van der Waals surface area contributed by atoms with Crippen LogP contribution in [-0.4, -0.2) is 16.6 Å². The summed E-state index contributed by atoms with van der Waals surface area (Å²) in [4.78, 5) is 16.3. The van der Waals surface area contributed by atoms with Gasteiger partial charge in [0.2, 0.25) is 0 Å². The lowest BCUT2D eigenvalue weighted by Gasteiger charge is -2.11. The lowest BCUT2D eigenvalue weighted by molar-refractivity contribution is -0.116. The fourth-order valence-electron chi connectivity index (χ4n) is 2.35. The monoisotopic (exact) mass is 305 g/mol. The second-order valence-electron chi connectivity index (χ2n) is 5.81. The van der Waals surface area contributed by atoms with Crippen molar-refractivity contribution in [3.05, 3.63) is 59.9 Å². The average molecular weight is 305 g/mol. The molecule has 0 radical (unpaired) electrons. The Morgan fingerprint density at radius 2 is 1.87 bits per heavy atom. The summed E-state index contributed by atoms with van der Waals surface area (Å²) >= 11 is 0. The smallest absolute Gasteiger partial charge is 0.253 e. The van der Waals surface area contributed by atoms with Gasteiger partial charge in [-0.05, 0) is 41.8 Å². The third-order valence-electron chi connectivity index (χ3n) is 3.74. The van der Waals surface area contributed by atoms with Gasteiger partial charge in [0, 0.05) is 6.20 Å². The summed E-state index contributed by atoms with van der Waals surface area (Å²) in [5, 5.41) is 5.94. The van der Waals surface area contributed by atoms with Gasteiger partial charge in [-0.3, -0.25) is 9.78 Å². The van der Waals surface area contributed by atoms with E-state index in [0.29, 0.717) is 12.3 Å². The van der Waals surface area contributed by atoms with Crippen LogP contribution in [0.1, 0.15) is 31.5 Å². The van der Waals surface area contributed by atoms with Gasteiger partial charge < -0.3 is 0 Å². The van der Waals surface area contributed by atoms with E-state index < -0.39 is 0 Å². The van der Waals surface area contributed by atoms with E-state index in [1.807, 2.05) is 54.6 Å². The second-order valence-corrected chi connectivity index (χ2v) is 5.81. The van der Waals surface area contributed by atoms with Crippen molar-refractivity contribution in [2.24, 2.45) is 11.0 Å². The van der Waals surface area contributed by atoms with Crippen LogP contribution in [0.25, 0.3) is 12.2 Å². The number of carbonyl (C=O) groups excluding carboxylic acids is 1. The third-order valence-corrected chi connectivity index (χ3v) is 3.74. The molecule has 116 valence electrons. The van der Waals surface area contributed by atoms with E-state index >= 15 is 0 Å². The zero-order valence-electron chi connectivity index (χ0n) is 13.3. The van der Waals surface area contributed by atoms with Crippen molar-refractivity contribution >= 4 is 29.5 Å². The van der Waals surface area contributed by atoms with Crippen LogP contribution >= 0.6 is 0 Å². The Morgan fingerprint density at radius 1 is 1.09 bits per heavy atom. The standard InChI is InChI=1S/C19H19N3O/c1-14(2)18-13-19(23)22(21-18)17-10-7-15(8-11-17)6-9-16-5-3-4-12-20-16/h3-12,14H,13H2,1-2H3/b9-6+. The molecule has 23 heavy (non-hydrogen) atoms. The molecule has 0 aliphatic carbocycles. The van der Waals surface area contributed by atoms with Gasteiger partial charge in [-0.2, -0.15) is 5.10 Å². The maximum Gasteiger partial charge on any atom is 0.253 e. The number of benzene rings is 1. The van der Waals surface area contributed by atoms with Crippen molar-refractivity contribution in [1.29, 1.82) is 0 Å². The van der Waals surface area contributed by atoms with E-state index in [2.05, 4.69) is 23.9 Å². The van der Waals surface area contributed by atoms with E-state index in [9.17, 15) is 4.79 Å². The first-order chi connectivity index (χ1) is 11.1. The Labute approximate surface area is 136 Å². The number of amides is 1. The first kappa shape index (κ1) is 15.2. The quantitative estimate of drug-likeness (QED) is 0.857. The first-order valence-corrected chi connectivity index (χ1v) is 7.73. The van der Waals surface area contributed by atoms with Crippen LogP contribution in [0, 0.1) is 5.92 Å². The van der Waals surface area contributed by atoms with E-state index in [-0.39, 0.29) is 5.91 Å². The van der Waals surface area contributed by atoms with E-state index in [1.165, 1.54) is 5.01 Å². The molecule has 0 atom stereocenters.